The van der Waals surface area contributed by atoms with E-state index in [0.717, 1.165) is 72.2 Å². The smallest absolute Gasteiger partial charge is 0.145 e. The first-order valence-electron chi connectivity index (χ1n) is 20.8. The maximum atomic E-state index is 6.61. The Labute approximate surface area is 349 Å². The molecule has 2 aromatic heterocycles. The van der Waals surface area contributed by atoms with Gasteiger partial charge in [0.25, 0.3) is 0 Å². The van der Waals surface area contributed by atoms with Crippen LogP contribution in [0.5, 0.6) is 0 Å². The summed E-state index contributed by atoms with van der Waals surface area (Å²) in [4.78, 5) is 2.40. The van der Waals surface area contributed by atoms with Crippen LogP contribution in [0.3, 0.4) is 0 Å². The first-order chi connectivity index (χ1) is 29.5. The zero-order chi connectivity index (χ0) is 40.0. The van der Waals surface area contributed by atoms with Crippen molar-refractivity contribution in [3.8, 4) is 39.1 Å². The maximum absolute atomic E-state index is 6.61. The van der Waals surface area contributed by atoms with Crippen LogP contribution < -0.4 is 4.90 Å². The van der Waals surface area contributed by atoms with Gasteiger partial charge in [-0.05, 0) is 117 Å². The minimum atomic E-state index is -0.105. The van der Waals surface area contributed by atoms with E-state index in [-0.39, 0.29) is 5.41 Å². The van der Waals surface area contributed by atoms with Crippen molar-refractivity contribution >= 4 is 60.8 Å². The Balaban J connectivity index is 0.988. The molecule has 9 aromatic carbocycles. The molecule has 1 aliphatic rings. The Kier molecular flexibility index (Phi) is 7.58. The second-order valence-corrected chi connectivity index (χ2v) is 16.5. The number of anilines is 3. The average Bonchev–Trinajstić information content (AvgIpc) is 3.92. The van der Waals surface area contributed by atoms with Gasteiger partial charge in [0.15, 0.2) is 0 Å². The predicted octanol–water partition coefficient (Wildman–Crippen LogP) is 15.8. The topological polar surface area (TPSA) is 21.3 Å². The van der Waals surface area contributed by atoms with Crippen LogP contribution in [-0.4, -0.2) is 4.57 Å². The highest BCUT2D eigenvalue weighted by molar-refractivity contribution is 6.24. The molecule has 11 aromatic rings. The summed E-state index contributed by atoms with van der Waals surface area (Å²) in [6.07, 6.45) is 0. The fourth-order valence-corrected chi connectivity index (χ4v) is 9.83. The molecule has 284 valence electrons. The molecule has 0 spiro atoms. The van der Waals surface area contributed by atoms with Crippen molar-refractivity contribution in [1.29, 1.82) is 0 Å². The Morgan fingerprint density at radius 3 is 1.77 bits per heavy atom. The third-order valence-electron chi connectivity index (χ3n) is 12.8. The number of hydrogen-bond donors (Lipinski definition) is 0. The van der Waals surface area contributed by atoms with Crippen LogP contribution in [-0.2, 0) is 5.41 Å². The molecule has 12 rings (SSSR count). The highest BCUT2D eigenvalue weighted by Gasteiger charge is 2.35. The van der Waals surface area contributed by atoms with Gasteiger partial charge in [-0.25, -0.2) is 0 Å². The van der Waals surface area contributed by atoms with E-state index < -0.39 is 0 Å². The van der Waals surface area contributed by atoms with Crippen molar-refractivity contribution in [3.05, 3.63) is 217 Å². The Morgan fingerprint density at radius 2 is 1.00 bits per heavy atom. The fraction of sp³-hybridized carbons (Fsp3) is 0.0526. The largest absolute Gasteiger partial charge is 0.455 e. The molecule has 0 radical (unpaired) electrons. The first-order valence-corrected chi connectivity index (χ1v) is 20.8. The van der Waals surface area contributed by atoms with Gasteiger partial charge < -0.3 is 13.9 Å². The van der Waals surface area contributed by atoms with E-state index in [2.05, 4.69) is 224 Å². The van der Waals surface area contributed by atoms with E-state index in [1.807, 2.05) is 6.07 Å². The van der Waals surface area contributed by atoms with Gasteiger partial charge in [0.2, 0.25) is 0 Å². The van der Waals surface area contributed by atoms with Gasteiger partial charge in [-0.3, -0.25) is 0 Å². The van der Waals surface area contributed by atoms with Gasteiger partial charge in [-0.15, -0.1) is 0 Å². The lowest BCUT2D eigenvalue weighted by Crippen LogP contribution is -2.16. The van der Waals surface area contributed by atoms with Crippen LogP contribution in [0.15, 0.2) is 211 Å². The number of fused-ring (bicyclic) bond motifs is 10. The standard InChI is InChI=1S/C57H40N2O/c1-57(2)50-19-11-9-17-45(50)46-32-30-44(36-51(46)57)58(42-26-21-38(22-27-42)37-13-5-3-6-14-37)43-28-23-39(24-29-43)40-25-31-49-53(35-40)59(41-15-7-4-8-16-41)52-34-33-48-47-18-10-12-20-54(47)60-56(48)55(49)52/h3-36H,1-2H3. The first kappa shape index (κ1) is 34.4. The number of aromatic nitrogens is 1. The molecule has 2 heterocycles. The highest BCUT2D eigenvalue weighted by Crippen LogP contribution is 2.51. The second kappa shape index (κ2) is 13.2. The average molecular weight is 769 g/mol. The van der Waals surface area contributed by atoms with Crippen LogP contribution in [0, 0.1) is 0 Å². The zero-order valence-corrected chi connectivity index (χ0v) is 33.4. The third-order valence-corrected chi connectivity index (χ3v) is 12.8. The van der Waals surface area contributed by atoms with Crippen LogP contribution in [0.1, 0.15) is 25.0 Å². The normalized spacial score (nSPS) is 13.0. The van der Waals surface area contributed by atoms with E-state index >= 15 is 0 Å². The van der Waals surface area contributed by atoms with Gasteiger partial charge in [0.1, 0.15) is 11.2 Å². The second-order valence-electron chi connectivity index (χ2n) is 16.5. The quantitative estimate of drug-likeness (QED) is 0.168. The summed E-state index contributed by atoms with van der Waals surface area (Å²) < 4.78 is 8.99. The number of furan rings is 1. The summed E-state index contributed by atoms with van der Waals surface area (Å²) in [5.41, 5.74) is 18.6. The molecule has 0 fully saturated rings. The minimum Gasteiger partial charge on any atom is -0.455 e. The Morgan fingerprint density at radius 1 is 0.417 bits per heavy atom. The van der Waals surface area contributed by atoms with Crippen LogP contribution in [0.25, 0.3) is 82.8 Å². The molecule has 0 aliphatic heterocycles. The van der Waals surface area contributed by atoms with Crippen molar-refractivity contribution in [2.75, 3.05) is 4.90 Å². The van der Waals surface area contributed by atoms with Gasteiger partial charge in [-0.1, -0.05) is 147 Å². The molecular weight excluding hydrogens is 729 g/mol. The molecule has 0 atom stereocenters. The molecule has 0 unspecified atom stereocenters. The number of para-hydroxylation sites is 2. The van der Waals surface area contributed by atoms with E-state index in [1.165, 1.54) is 38.8 Å². The number of rotatable bonds is 6. The Bertz CT molecular complexity index is 3430. The molecule has 0 amide bonds. The van der Waals surface area contributed by atoms with E-state index in [9.17, 15) is 0 Å². The molecule has 3 heteroatoms. The van der Waals surface area contributed by atoms with Crippen LogP contribution in [0.2, 0.25) is 0 Å². The molecule has 0 saturated carbocycles. The van der Waals surface area contributed by atoms with Gasteiger partial charge in [0, 0.05) is 44.3 Å². The maximum Gasteiger partial charge on any atom is 0.145 e. The summed E-state index contributed by atoms with van der Waals surface area (Å²) in [6, 6.07) is 74.8. The molecule has 3 nitrogen and oxygen atoms in total. The predicted molar refractivity (Wildman–Crippen MR) is 251 cm³/mol. The van der Waals surface area contributed by atoms with Crippen LogP contribution >= 0.6 is 0 Å². The van der Waals surface area contributed by atoms with Gasteiger partial charge >= 0.3 is 0 Å². The van der Waals surface area contributed by atoms with Crippen molar-refractivity contribution in [2.45, 2.75) is 19.3 Å². The van der Waals surface area contributed by atoms with Crippen molar-refractivity contribution < 1.29 is 4.42 Å². The summed E-state index contributed by atoms with van der Waals surface area (Å²) in [5, 5.41) is 4.59. The molecule has 0 saturated heterocycles. The lowest BCUT2D eigenvalue weighted by atomic mass is 9.82. The van der Waals surface area contributed by atoms with Gasteiger partial charge in [-0.2, -0.15) is 0 Å². The monoisotopic (exact) mass is 768 g/mol. The van der Waals surface area contributed by atoms with Gasteiger partial charge in [0.05, 0.1) is 16.4 Å². The highest BCUT2D eigenvalue weighted by atomic mass is 16.3. The van der Waals surface area contributed by atoms with E-state index in [1.54, 1.807) is 0 Å². The van der Waals surface area contributed by atoms with Crippen molar-refractivity contribution in [1.82, 2.24) is 4.57 Å². The van der Waals surface area contributed by atoms with E-state index in [4.69, 9.17) is 4.42 Å². The van der Waals surface area contributed by atoms with E-state index in [0.29, 0.717) is 0 Å². The molecule has 1 aliphatic carbocycles. The summed E-state index contributed by atoms with van der Waals surface area (Å²) in [5.74, 6) is 0. The molecule has 0 bridgehead atoms. The zero-order valence-electron chi connectivity index (χ0n) is 33.4. The lowest BCUT2D eigenvalue weighted by Gasteiger charge is -2.28. The summed E-state index contributed by atoms with van der Waals surface area (Å²) in [6.45, 7) is 4.70. The lowest BCUT2D eigenvalue weighted by molar-refractivity contribution is 0.660. The van der Waals surface area contributed by atoms with Crippen LogP contribution in [0.4, 0.5) is 17.1 Å². The third kappa shape index (κ3) is 5.22. The number of benzene rings is 9. The molecule has 60 heavy (non-hydrogen) atoms. The SMILES string of the molecule is CC1(C)c2ccccc2-c2ccc(N(c3ccc(-c4ccccc4)cc3)c3ccc(-c4ccc5c6c7oc8ccccc8c7ccc6n(-c6ccccc6)c5c4)cc3)cc21. The number of hydrogen-bond acceptors (Lipinski definition) is 2. The molecule has 0 N–H and O–H groups in total. The molecular formula is C57H40N2O. The van der Waals surface area contributed by atoms with Crippen molar-refractivity contribution in [2.24, 2.45) is 0 Å². The van der Waals surface area contributed by atoms with Crippen molar-refractivity contribution in [3.63, 3.8) is 0 Å². The fourth-order valence-electron chi connectivity index (χ4n) is 9.83. The summed E-state index contributed by atoms with van der Waals surface area (Å²) >= 11 is 0. The number of nitrogens with zero attached hydrogens (tertiary/aromatic N) is 2. The summed E-state index contributed by atoms with van der Waals surface area (Å²) in [7, 11) is 0. The minimum absolute atomic E-state index is 0.105. The Hall–Kier alpha value is -7.62.